The van der Waals surface area contributed by atoms with E-state index in [2.05, 4.69) is 36.0 Å². The van der Waals surface area contributed by atoms with E-state index in [0.717, 1.165) is 32.6 Å². The number of nitrogens with zero attached hydrogens (tertiary/aromatic N) is 2. The Morgan fingerprint density at radius 2 is 1.77 bits per heavy atom. The summed E-state index contributed by atoms with van der Waals surface area (Å²) in [6.07, 6.45) is 1.08. The molecule has 0 bridgehead atoms. The number of ether oxygens (including phenoxy) is 2. The highest BCUT2D eigenvalue weighted by Gasteiger charge is 2.24. The molecule has 26 heavy (non-hydrogen) atoms. The van der Waals surface area contributed by atoms with Crippen LogP contribution in [0.3, 0.4) is 0 Å². The van der Waals surface area contributed by atoms with Gasteiger partial charge in [0, 0.05) is 44.3 Å². The Balaban J connectivity index is 1.99. The fourth-order valence-corrected chi connectivity index (χ4v) is 3.38. The fourth-order valence-electron chi connectivity index (χ4n) is 3.38. The zero-order chi connectivity index (χ0) is 19.1. The predicted molar refractivity (Wildman–Crippen MR) is 104 cm³/mol. The number of carbonyl (C=O) groups excluding carboxylic acids is 1. The predicted octanol–water partition coefficient (Wildman–Crippen LogP) is 2.10. The first-order chi connectivity index (χ1) is 12.4. The average Bonchev–Trinajstić information content (AvgIpc) is 2.64. The highest BCUT2D eigenvalue weighted by molar-refractivity contribution is 5.94. The number of nitrogens with one attached hydrogen (secondary N) is 1. The van der Waals surface area contributed by atoms with Crippen LogP contribution in [0, 0.1) is 5.92 Å². The molecule has 1 unspecified atom stereocenters. The van der Waals surface area contributed by atoms with Crippen LogP contribution in [-0.4, -0.2) is 75.7 Å². The van der Waals surface area contributed by atoms with Crippen LogP contribution in [-0.2, 0) is 0 Å². The van der Waals surface area contributed by atoms with Crippen molar-refractivity contribution in [3.63, 3.8) is 0 Å². The second kappa shape index (κ2) is 9.78. The number of rotatable bonds is 8. The van der Waals surface area contributed by atoms with Crippen molar-refractivity contribution in [1.29, 1.82) is 0 Å². The lowest BCUT2D eigenvalue weighted by Gasteiger charge is -2.38. The van der Waals surface area contributed by atoms with E-state index in [-0.39, 0.29) is 5.91 Å². The number of benzene rings is 1. The molecule has 1 atom stereocenters. The molecule has 0 aliphatic carbocycles. The molecule has 1 aromatic carbocycles. The van der Waals surface area contributed by atoms with Crippen molar-refractivity contribution in [3.8, 4) is 11.5 Å². The van der Waals surface area contributed by atoms with Crippen molar-refractivity contribution in [3.05, 3.63) is 23.8 Å². The van der Waals surface area contributed by atoms with Gasteiger partial charge in [0.1, 0.15) is 0 Å². The Morgan fingerprint density at radius 3 is 2.35 bits per heavy atom. The largest absolute Gasteiger partial charge is 0.493 e. The number of likely N-dealkylation sites (N-methyl/N-ethyl adjacent to an activating group) is 1. The second-order valence-corrected chi connectivity index (χ2v) is 7.40. The van der Waals surface area contributed by atoms with Crippen LogP contribution in [0.4, 0.5) is 0 Å². The average molecular weight is 364 g/mol. The summed E-state index contributed by atoms with van der Waals surface area (Å²) in [7, 11) is 5.32. The maximum atomic E-state index is 12.6. The molecule has 0 saturated carbocycles. The molecular weight excluding hydrogens is 330 g/mol. The first-order valence-electron chi connectivity index (χ1n) is 9.37. The maximum Gasteiger partial charge on any atom is 0.251 e. The number of amides is 1. The van der Waals surface area contributed by atoms with Crippen molar-refractivity contribution < 1.29 is 14.3 Å². The molecule has 1 saturated heterocycles. The summed E-state index contributed by atoms with van der Waals surface area (Å²) in [5, 5.41) is 3.11. The van der Waals surface area contributed by atoms with Crippen LogP contribution in [0.15, 0.2) is 18.2 Å². The summed E-state index contributed by atoms with van der Waals surface area (Å²) in [6, 6.07) is 5.62. The molecule has 1 fully saturated rings. The van der Waals surface area contributed by atoms with Gasteiger partial charge < -0.3 is 19.7 Å². The third kappa shape index (κ3) is 5.61. The molecule has 1 aromatic rings. The molecule has 1 aliphatic heterocycles. The highest BCUT2D eigenvalue weighted by Crippen LogP contribution is 2.27. The summed E-state index contributed by atoms with van der Waals surface area (Å²) >= 11 is 0. The minimum Gasteiger partial charge on any atom is -0.493 e. The Morgan fingerprint density at radius 1 is 1.12 bits per heavy atom. The molecule has 1 heterocycles. The Kier molecular flexibility index (Phi) is 7.72. The Labute approximate surface area is 157 Å². The zero-order valence-corrected chi connectivity index (χ0v) is 16.7. The SMILES string of the molecule is COc1ccc(C(=O)NCC(CC(C)C)N2CCN(C)CC2)cc1OC. The lowest BCUT2D eigenvalue weighted by Crippen LogP contribution is -2.52. The normalized spacial score (nSPS) is 17.2. The van der Waals surface area contributed by atoms with E-state index in [0.29, 0.717) is 35.6 Å². The van der Waals surface area contributed by atoms with Crippen LogP contribution in [0.5, 0.6) is 11.5 Å². The minimum atomic E-state index is -0.0752. The number of carbonyl (C=O) groups is 1. The van der Waals surface area contributed by atoms with Gasteiger partial charge in [-0.25, -0.2) is 0 Å². The minimum absolute atomic E-state index is 0.0752. The fraction of sp³-hybridized carbons (Fsp3) is 0.650. The van der Waals surface area contributed by atoms with Gasteiger partial charge in [0.15, 0.2) is 11.5 Å². The molecule has 146 valence electrons. The van der Waals surface area contributed by atoms with E-state index >= 15 is 0 Å². The third-order valence-electron chi connectivity index (χ3n) is 4.94. The van der Waals surface area contributed by atoms with E-state index in [1.54, 1.807) is 32.4 Å². The molecule has 0 aromatic heterocycles. The summed E-state index contributed by atoms with van der Waals surface area (Å²) < 4.78 is 10.5. The smallest absolute Gasteiger partial charge is 0.251 e. The Bertz CT molecular complexity index is 584. The van der Waals surface area contributed by atoms with Crippen molar-refractivity contribution in [2.24, 2.45) is 5.92 Å². The van der Waals surface area contributed by atoms with E-state index in [9.17, 15) is 4.79 Å². The van der Waals surface area contributed by atoms with E-state index in [1.165, 1.54) is 0 Å². The number of hydrogen-bond acceptors (Lipinski definition) is 5. The van der Waals surface area contributed by atoms with Crippen LogP contribution < -0.4 is 14.8 Å². The van der Waals surface area contributed by atoms with Crippen molar-refractivity contribution in [2.45, 2.75) is 26.3 Å². The number of methoxy groups -OCH3 is 2. The standard InChI is InChI=1S/C20H33N3O3/c1-15(2)12-17(23-10-8-22(3)9-11-23)14-21-20(24)16-6-7-18(25-4)19(13-16)26-5/h6-7,13,15,17H,8-12,14H2,1-5H3,(H,21,24). The van der Waals surface area contributed by atoms with Gasteiger partial charge in [-0.3, -0.25) is 9.69 Å². The van der Waals surface area contributed by atoms with Crippen LogP contribution in [0.1, 0.15) is 30.6 Å². The monoisotopic (exact) mass is 363 g/mol. The molecule has 6 nitrogen and oxygen atoms in total. The quantitative estimate of drug-likeness (QED) is 0.767. The lowest BCUT2D eigenvalue weighted by atomic mass is 10.0. The van der Waals surface area contributed by atoms with Gasteiger partial charge >= 0.3 is 0 Å². The molecule has 6 heteroatoms. The van der Waals surface area contributed by atoms with Crippen molar-refractivity contribution >= 4 is 5.91 Å². The van der Waals surface area contributed by atoms with Gasteiger partial charge in [-0.05, 0) is 37.6 Å². The highest BCUT2D eigenvalue weighted by atomic mass is 16.5. The van der Waals surface area contributed by atoms with Gasteiger partial charge in [0.05, 0.1) is 14.2 Å². The zero-order valence-electron chi connectivity index (χ0n) is 16.7. The topological polar surface area (TPSA) is 54.0 Å². The summed E-state index contributed by atoms with van der Waals surface area (Å²) in [4.78, 5) is 17.5. The van der Waals surface area contributed by atoms with Gasteiger partial charge in [0.25, 0.3) is 5.91 Å². The molecule has 2 rings (SSSR count). The van der Waals surface area contributed by atoms with E-state index in [1.807, 2.05) is 0 Å². The summed E-state index contributed by atoms with van der Waals surface area (Å²) in [5.74, 6) is 1.71. The van der Waals surface area contributed by atoms with Crippen molar-refractivity contribution in [2.75, 3.05) is 54.0 Å². The second-order valence-electron chi connectivity index (χ2n) is 7.40. The van der Waals surface area contributed by atoms with Crippen molar-refractivity contribution in [1.82, 2.24) is 15.1 Å². The lowest BCUT2D eigenvalue weighted by molar-refractivity contribution is 0.0850. The molecule has 1 N–H and O–H groups in total. The third-order valence-corrected chi connectivity index (χ3v) is 4.94. The first kappa shape index (κ1) is 20.5. The van der Waals surface area contributed by atoms with Gasteiger partial charge in [0.2, 0.25) is 0 Å². The van der Waals surface area contributed by atoms with E-state index in [4.69, 9.17) is 9.47 Å². The van der Waals surface area contributed by atoms with Gasteiger partial charge in [-0.15, -0.1) is 0 Å². The molecule has 1 amide bonds. The summed E-state index contributed by atoms with van der Waals surface area (Å²) in [5.41, 5.74) is 0.587. The Hall–Kier alpha value is -1.79. The number of piperazine rings is 1. The molecule has 1 aliphatic rings. The molecular formula is C20H33N3O3. The summed E-state index contributed by atoms with van der Waals surface area (Å²) in [6.45, 7) is 9.41. The van der Waals surface area contributed by atoms with Crippen LogP contribution in [0.25, 0.3) is 0 Å². The molecule has 0 spiro atoms. The number of hydrogen-bond donors (Lipinski definition) is 1. The van der Waals surface area contributed by atoms with E-state index < -0.39 is 0 Å². The maximum absolute atomic E-state index is 12.6. The van der Waals surface area contributed by atoms with Gasteiger partial charge in [-0.1, -0.05) is 13.8 Å². The van der Waals surface area contributed by atoms with Crippen LogP contribution >= 0.6 is 0 Å². The van der Waals surface area contributed by atoms with Crippen LogP contribution in [0.2, 0.25) is 0 Å². The first-order valence-corrected chi connectivity index (χ1v) is 9.37. The molecule has 0 radical (unpaired) electrons. The van der Waals surface area contributed by atoms with Gasteiger partial charge in [-0.2, -0.15) is 0 Å².